The molecule has 0 aliphatic carbocycles. The van der Waals surface area contributed by atoms with E-state index in [9.17, 15) is 9.59 Å². The summed E-state index contributed by atoms with van der Waals surface area (Å²) < 4.78 is 0. The molecule has 0 atom stereocenters. The average Bonchev–Trinajstić information content (AvgIpc) is 2.63. The van der Waals surface area contributed by atoms with Crippen LogP contribution in [0.2, 0.25) is 5.02 Å². The van der Waals surface area contributed by atoms with Crippen molar-refractivity contribution in [2.45, 2.75) is 26.7 Å². The van der Waals surface area contributed by atoms with Crippen LogP contribution >= 0.6 is 11.6 Å². The van der Waals surface area contributed by atoms with E-state index in [0.29, 0.717) is 28.4 Å². The van der Waals surface area contributed by atoms with Gasteiger partial charge in [-0.05, 0) is 30.5 Å². The normalized spacial score (nSPS) is 11.1. The molecule has 0 saturated heterocycles. The molecule has 134 valence electrons. The van der Waals surface area contributed by atoms with Gasteiger partial charge in [-0.15, -0.1) is 9.89 Å². The maximum absolute atomic E-state index is 12.7. The van der Waals surface area contributed by atoms with Crippen LogP contribution in [0.4, 0.5) is 0 Å². The second-order valence-corrected chi connectivity index (χ2v) is 7.02. The Hall–Kier alpha value is -2.66. The van der Waals surface area contributed by atoms with Crippen LogP contribution in [-0.2, 0) is 4.79 Å². The molecule has 1 aromatic heterocycles. The van der Waals surface area contributed by atoms with Crippen LogP contribution in [0.15, 0.2) is 53.3 Å². The van der Waals surface area contributed by atoms with E-state index in [-0.39, 0.29) is 11.5 Å². The van der Waals surface area contributed by atoms with Gasteiger partial charge in [0, 0.05) is 22.4 Å². The number of aromatic nitrogens is 2. The minimum Gasteiger partial charge on any atom is -0.273 e. The lowest BCUT2D eigenvalue weighted by atomic mass is 10.1. The lowest BCUT2D eigenvalue weighted by Crippen LogP contribution is -2.35. The molecule has 3 rings (SSSR count). The number of hydrogen-bond donors (Lipinski definition) is 1. The molecule has 0 spiro atoms. The first-order valence-corrected chi connectivity index (χ1v) is 8.91. The second kappa shape index (κ2) is 7.70. The summed E-state index contributed by atoms with van der Waals surface area (Å²) in [5.74, 6) is 0.178. The maximum atomic E-state index is 12.7. The molecule has 2 aromatic carbocycles. The third-order valence-electron chi connectivity index (χ3n) is 4.10. The number of rotatable bonds is 5. The highest BCUT2D eigenvalue weighted by molar-refractivity contribution is 6.30. The zero-order chi connectivity index (χ0) is 18.7. The molecule has 0 radical (unpaired) electrons. The van der Waals surface area contributed by atoms with Crippen molar-refractivity contribution in [2.24, 2.45) is 5.92 Å². The van der Waals surface area contributed by atoms with Crippen molar-refractivity contribution >= 4 is 28.3 Å². The summed E-state index contributed by atoms with van der Waals surface area (Å²) in [7, 11) is 0. The fourth-order valence-corrected chi connectivity index (χ4v) is 2.81. The van der Waals surface area contributed by atoms with Crippen molar-refractivity contribution in [1.29, 1.82) is 0 Å². The van der Waals surface area contributed by atoms with Gasteiger partial charge >= 0.3 is 0 Å². The van der Waals surface area contributed by atoms with E-state index < -0.39 is 0 Å². The third kappa shape index (κ3) is 3.94. The molecule has 0 fully saturated rings. The quantitative estimate of drug-likeness (QED) is 0.732. The molecule has 0 saturated carbocycles. The lowest BCUT2D eigenvalue weighted by molar-refractivity contribution is -0.117. The minimum atomic E-state index is -0.351. The number of hydrogen-bond acceptors (Lipinski definition) is 3. The van der Waals surface area contributed by atoms with Gasteiger partial charge in [-0.1, -0.05) is 55.8 Å². The van der Waals surface area contributed by atoms with Crippen LogP contribution in [0.3, 0.4) is 0 Å². The molecule has 1 amide bonds. The van der Waals surface area contributed by atoms with Crippen molar-refractivity contribution in [3.63, 3.8) is 0 Å². The highest BCUT2D eigenvalue weighted by Gasteiger charge is 2.14. The van der Waals surface area contributed by atoms with Gasteiger partial charge in [0.15, 0.2) is 0 Å². The first-order chi connectivity index (χ1) is 12.5. The van der Waals surface area contributed by atoms with Crippen LogP contribution in [0.1, 0.15) is 26.7 Å². The number of carbonyl (C=O) groups is 1. The molecule has 6 heteroatoms. The maximum Gasteiger partial charge on any atom is 0.294 e. The first kappa shape index (κ1) is 18.1. The van der Waals surface area contributed by atoms with Gasteiger partial charge in [0.1, 0.15) is 5.69 Å². The Balaban J connectivity index is 2.07. The molecule has 3 aromatic rings. The van der Waals surface area contributed by atoms with E-state index in [4.69, 9.17) is 11.6 Å². The number of nitrogens with zero attached hydrogens (tertiary/aromatic N) is 2. The van der Waals surface area contributed by atoms with Crippen molar-refractivity contribution in [1.82, 2.24) is 9.89 Å². The zero-order valence-electron chi connectivity index (χ0n) is 14.7. The monoisotopic (exact) mass is 369 g/mol. The van der Waals surface area contributed by atoms with Gasteiger partial charge in [-0.2, -0.15) is 0 Å². The van der Waals surface area contributed by atoms with Gasteiger partial charge in [0.05, 0.1) is 5.39 Å². The Kier molecular flexibility index (Phi) is 5.38. The Morgan fingerprint density at radius 1 is 1.12 bits per heavy atom. The lowest BCUT2D eigenvalue weighted by Gasteiger charge is -2.12. The van der Waals surface area contributed by atoms with Crippen molar-refractivity contribution < 1.29 is 4.79 Å². The van der Waals surface area contributed by atoms with Crippen LogP contribution in [0.5, 0.6) is 0 Å². The molecule has 1 heterocycles. The largest absolute Gasteiger partial charge is 0.294 e. The van der Waals surface area contributed by atoms with Crippen LogP contribution in [0, 0.1) is 5.92 Å². The van der Waals surface area contributed by atoms with Gasteiger partial charge < -0.3 is 0 Å². The van der Waals surface area contributed by atoms with E-state index in [1.807, 2.05) is 38.1 Å². The highest BCUT2D eigenvalue weighted by Crippen LogP contribution is 2.25. The van der Waals surface area contributed by atoms with Crippen LogP contribution < -0.4 is 11.0 Å². The highest BCUT2D eigenvalue weighted by atomic mass is 35.5. The van der Waals surface area contributed by atoms with E-state index in [2.05, 4.69) is 10.5 Å². The SMILES string of the molecule is CC(C)CCC(=O)Nn1nc(-c2ccc(Cl)cc2)c2ccccc2c1=O. The number of nitrogens with one attached hydrogen (secondary N) is 1. The Morgan fingerprint density at radius 2 is 1.77 bits per heavy atom. The Labute approximate surface area is 156 Å². The fraction of sp³-hybridized carbons (Fsp3) is 0.250. The van der Waals surface area contributed by atoms with Gasteiger partial charge in [-0.25, -0.2) is 5.43 Å². The first-order valence-electron chi connectivity index (χ1n) is 8.53. The summed E-state index contributed by atoms with van der Waals surface area (Å²) in [6.07, 6.45) is 1.09. The van der Waals surface area contributed by atoms with E-state index in [1.54, 1.807) is 24.3 Å². The van der Waals surface area contributed by atoms with E-state index >= 15 is 0 Å². The molecule has 26 heavy (non-hydrogen) atoms. The predicted molar refractivity (Wildman–Crippen MR) is 105 cm³/mol. The minimum absolute atomic E-state index is 0.231. The number of benzene rings is 2. The molecular weight excluding hydrogens is 350 g/mol. The summed E-state index contributed by atoms with van der Waals surface area (Å²) in [5, 5.41) is 6.24. The molecule has 5 nitrogen and oxygen atoms in total. The number of halogens is 1. The summed E-state index contributed by atoms with van der Waals surface area (Å²) in [4.78, 5) is 25.9. The van der Waals surface area contributed by atoms with E-state index in [1.165, 1.54) is 0 Å². The van der Waals surface area contributed by atoms with Crippen LogP contribution in [-0.4, -0.2) is 15.8 Å². The molecular formula is C20H20ClN3O2. The molecule has 0 aliphatic heterocycles. The molecule has 0 unspecified atom stereocenters. The summed E-state index contributed by atoms with van der Waals surface area (Å²) in [6.45, 7) is 4.10. The zero-order valence-corrected chi connectivity index (χ0v) is 15.5. The topological polar surface area (TPSA) is 64.0 Å². The van der Waals surface area contributed by atoms with Crippen molar-refractivity contribution in [2.75, 3.05) is 5.43 Å². The summed E-state index contributed by atoms with van der Waals surface area (Å²) >= 11 is 5.97. The molecule has 0 aliphatic rings. The second-order valence-electron chi connectivity index (χ2n) is 6.59. The predicted octanol–water partition coefficient (Wildman–Crippen LogP) is 4.22. The smallest absolute Gasteiger partial charge is 0.273 e. The number of amides is 1. The Morgan fingerprint density at radius 3 is 2.42 bits per heavy atom. The van der Waals surface area contributed by atoms with Crippen LogP contribution in [0.25, 0.3) is 22.0 Å². The van der Waals surface area contributed by atoms with Gasteiger partial charge in [-0.3, -0.25) is 9.59 Å². The molecule has 0 bridgehead atoms. The number of fused-ring (bicyclic) bond motifs is 1. The van der Waals surface area contributed by atoms with Crippen molar-refractivity contribution in [3.05, 3.63) is 63.9 Å². The molecule has 1 N–H and O–H groups in total. The standard InChI is InChI=1S/C20H20ClN3O2/c1-13(2)7-12-18(25)22-24-20(26)17-6-4-3-5-16(17)19(23-24)14-8-10-15(21)11-9-14/h3-6,8-11,13H,7,12H2,1-2H3,(H,22,25). The fourth-order valence-electron chi connectivity index (χ4n) is 2.68. The Bertz CT molecular complexity index is 994. The third-order valence-corrected chi connectivity index (χ3v) is 4.35. The van der Waals surface area contributed by atoms with Crippen molar-refractivity contribution in [3.8, 4) is 11.3 Å². The van der Waals surface area contributed by atoms with E-state index in [0.717, 1.165) is 22.2 Å². The van der Waals surface area contributed by atoms with Gasteiger partial charge in [0.2, 0.25) is 5.91 Å². The van der Waals surface area contributed by atoms with Gasteiger partial charge in [0.25, 0.3) is 5.56 Å². The average molecular weight is 370 g/mol. The number of carbonyl (C=O) groups excluding carboxylic acids is 1. The summed E-state index contributed by atoms with van der Waals surface area (Å²) in [5.41, 5.74) is 3.68. The summed E-state index contributed by atoms with van der Waals surface area (Å²) in [6, 6.07) is 14.4.